The van der Waals surface area contributed by atoms with E-state index >= 15 is 0 Å². The Morgan fingerprint density at radius 2 is 1.95 bits per heavy atom. The molecule has 2 unspecified atom stereocenters. The highest BCUT2D eigenvalue weighted by molar-refractivity contribution is 5.68. The number of hydrogen-bond donors (Lipinski definition) is 1. The Morgan fingerprint density at radius 3 is 2.47 bits per heavy atom. The molecule has 19 heavy (non-hydrogen) atoms. The first-order valence-corrected chi connectivity index (χ1v) is 7.44. The van der Waals surface area contributed by atoms with Gasteiger partial charge in [0.15, 0.2) is 0 Å². The van der Waals surface area contributed by atoms with Crippen LogP contribution in [-0.4, -0.2) is 35.7 Å². The maximum atomic E-state index is 12.2. The molecule has 1 amide bonds. The lowest BCUT2D eigenvalue weighted by Gasteiger charge is -2.31. The summed E-state index contributed by atoms with van der Waals surface area (Å²) >= 11 is 0. The molecule has 2 atom stereocenters. The van der Waals surface area contributed by atoms with Crippen molar-refractivity contribution in [2.75, 3.05) is 13.1 Å². The van der Waals surface area contributed by atoms with Gasteiger partial charge in [-0.2, -0.15) is 0 Å². The fourth-order valence-corrected chi connectivity index (χ4v) is 2.53. The average Bonchev–Trinajstić information content (AvgIpc) is 2.50. The van der Waals surface area contributed by atoms with E-state index in [1.165, 1.54) is 0 Å². The highest BCUT2D eigenvalue weighted by atomic mass is 16.6. The lowest BCUT2D eigenvalue weighted by Crippen LogP contribution is -2.44. The Morgan fingerprint density at radius 1 is 1.32 bits per heavy atom. The van der Waals surface area contributed by atoms with Crippen molar-refractivity contribution in [2.45, 2.75) is 65.5 Å². The molecule has 0 aromatic rings. The van der Waals surface area contributed by atoms with E-state index in [0.29, 0.717) is 11.8 Å². The molecule has 0 aromatic carbocycles. The topological polar surface area (TPSA) is 55.6 Å². The van der Waals surface area contributed by atoms with Crippen molar-refractivity contribution in [1.82, 2.24) is 4.90 Å². The first-order valence-electron chi connectivity index (χ1n) is 7.44. The Labute approximate surface area is 117 Å². The van der Waals surface area contributed by atoms with Crippen molar-refractivity contribution in [3.63, 3.8) is 0 Å². The summed E-state index contributed by atoms with van der Waals surface area (Å²) in [6.45, 7) is 11.5. The van der Waals surface area contributed by atoms with Crippen LogP contribution in [-0.2, 0) is 4.74 Å². The molecule has 2 N–H and O–H groups in total. The molecule has 1 aliphatic heterocycles. The Balaban J connectivity index is 2.65. The summed E-state index contributed by atoms with van der Waals surface area (Å²) in [5.74, 6) is 0.832. The van der Waals surface area contributed by atoms with Gasteiger partial charge in [0, 0.05) is 19.1 Å². The van der Waals surface area contributed by atoms with Crippen LogP contribution in [0.5, 0.6) is 0 Å². The zero-order valence-corrected chi connectivity index (χ0v) is 13.1. The summed E-state index contributed by atoms with van der Waals surface area (Å²) in [5.41, 5.74) is 5.84. The van der Waals surface area contributed by atoms with Crippen LogP contribution < -0.4 is 5.73 Å². The summed E-state index contributed by atoms with van der Waals surface area (Å²) in [6.07, 6.45) is 3.10. The number of hydrogen-bond acceptors (Lipinski definition) is 3. The molecule has 1 saturated heterocycles. The van der Waals surface area contributed by atoms with Crippen LogP contribution in [0.4, 0.5) is 4.79 Å². The molecule has 0 spiro atoms. The molecule has 1 rings (SSSR count). The minimum atomic E-state index is -0.431. The SMILES string of the molecule is CC(C)C(N)C1CCCCN(C(=O)OC(C)(C)C)C1. The van der Waals surface area contributed by atoms with Crippen molar-refractivity contribution < 1.29 is 9.53 Å². The number of rotatable bonds is 2. The first kappa shape index (κ1) is 16.3. The van der Waals surface area contributed by atoms with Gasteiger partial charge in [0.1, 0.15) is 5.60 Å². The molecule has 0 radical (unpaired) electrons. The van der Waals surface area contributed by atoms with Crippen LogP contribution in [0.15, 0.2) is 0 Å². The number of amides is 1. The highest BCUT2D eigenvalue weighted by Gasteiger charge is 2.29. The molecular weight excluding hydrogens is 240 g/mol. The Bertz CT molecular complexity index is 297. The molecule has 1 heterocycles. The number of nitrogens with zero attached hydrogens (tertiary/aromatic N) is 1. The van der Waals surface area contributed by atoms with Crippen LogP contribution in [0.2, 0.25) is 0 Å². The van der Waals surface area contributed by atoms with Crippen molar-refractivity contribution >= 4 is 6.09 Å². The number of carbonyl (C=O) groups excluding carboxylic acids is 1. The van der Waals surface area contributed by atoms with E-state index < -0.39 is 5.60 Å². The zero-order chi connectivity index (χ0) is 14.6. The maximum Gasteiger partial charge on any atom is 0.410 e. The molecule has 0 aromatic heterocycles. The van der Waals surface area contributed by atoms with Gasteiger partial charge >= 0.3 is 6.09 Å². The molecular formula is C15H30N2O2. The summed E-state index contributed by atoms with van der Waals surface area (Å²) in [7, 11) is 0. The number of nitrogens with two attached hydrogens (primary N) is 1. The van der Waals surface area contributed by atoms with E-state index in [-0.39, 0.29) is 12.1 Å². The monoisotopic (exact) mass is 270 g/mol. The van der Waals surface area contributed by atoms with E-state index in [1.54, 1.807) is 0 Å². The Kier molecular flexibility index (Phi) is 5.65. The molecule has 0 saturated carbocycles. The van der Waals surface area contributed by atoms with E-state index in [9.17, 15) is 4.79 Å². The molecule has 0 aliphatic carbocycles. The number of carbonyl (C=O) groups is 1. The van der Waals surface area contributed by atoms with Gasteiger partial charge < -0.3 is 15.4 Å². The fraction of sp³-hybridized carbons (Fsp3) is 0.933. The fourth-order valence-electron chi connectivity index (χ4n) is 2.53. The van der Waals surface area contributed by atoms with Gasteiger partial charge in [0.2, 0.25) is 0 Å². The standard InChI is InChI=1S/C15H30N2O2/c1-11(2)13(16)12-8-6-7-9-17(10-12)14(18)19-15(3,4)5/h11-13H,6-10,16H2,1-5H3. The lowest BCUT2D eigenvalue weighted by molar-refractivity contribution is 0.0224. The second kappa shape index (κ2) is 6.60. The van der Waals surface area contributed by atoms with E-state index in [1.807, 2.05) is 25.7 Å². The summed E-state index contributed by atoms with van der Waals surface area (Å²) < 4.78 is 5.47. The van der Waals surface area contributed by atoms with E-state index in [4.69, 9.17) is 10.5 Å². The normalized spacial score (nSPS) is 23.1. The third-order valence-electron chi connectivity index (χ3n) is 3.67. The lowest BCUT2D eigenvalue weighted by atomic mass is 9.88. The predicted octanol–water partition coefficient (Wildman–Crippen LogP) is 3.01. The molecule has 0 bridgehead atoms. The second-order valence-electron chi connectivity index (χ2n) is 7.00. The van der Waals surface area contributed by atoms with Gasteiger partial charge in [0.25, 0.3) is 0 Å². The quantitative estimate of drug-likeness (QED) is 0.839. The van der Waals surface area contributed by atoms with Crippen molar-refractivity contribution in [2.24, 2.45) is 17.6 Å². The van der Waals surface area contributed by atoms with Gasteiger partial charge in [0.05, 0.1) is 0 Å². The van der Waals surface area contributed by atoms with Gasteiger partial charge in [-0.1, -0.05) is 20.3 Å². The van der Waals surface area contributed by atoms with Crippen LogP contribution in [0, 0.1) is 11.8 Å². The summed E-state index contributed by atoms with van der Waals surface area (Å²) in [5, 5.41) is 0. The van der Waals surface area contributed by atoms with Crippen LogP contribution in [0.1, 0.15) is 53.9 Å². The van der Waals surface area contributed by atoms with E-state index in [0.717, 1.165) is 32.4 Å². The van der Waals surface area contributed by atoms with Crippen LogP contribution in [0.25, 0.3) is 0 Å². The van der Waals surface area contributed by atoms with Gasteiger partial charge in [-0.25, -0.2) is 4.79 Å². The minimum Gasteiger partial charge on any atom is -0.444 e. The van der Waals surface area contributed by atoms with Crippen molar-refractivity contribution in [3.05, 3.63) is 0 Å². The highest BCUT2D eigenvalue weighted by Crippen LogP contribution is 2.23. The molecule has 112 valence electrons. The van der Waals surface area contributed by atoms with Crippen molar-refractivity contribution in [3.8, 4) is 0 Å². The molecule has 1 aliphatic rings. The summed E-state index contributed by atoms with van der Waals surface area (Å²) in [6, 6.07) is 0.156. The molecule has 4 nitrogen and oxygen atoms in total. The molecule has 1 fully saturated rings. The smallest absolute Gasteiger partial charge is 0.410 e. The Hall–Kier alpha value is -0.770. The third-order valence-corrected chi connectivity index (χ3v) is 3.67. The predicted molar refractivity (Wildman–Crippen MR) is 78.0 cm³/mol. The second-order valence-corrected chi connectivity index (χ2v) is 7.00. The number of ether oxygens (including phenoxy) is 1. The van der Waals surface area contributed by atoms with Crippen LogP contribution in [0.3, 0.4) is 0 Å². The van der Waals surface area contributed by atoms with Gasteiger partial charge in [-0.15, -0.1) is 0 Å². The number of likely N-dealkylation sites (tertiary alicyclic amines) is 1. The maximum absolute atomic E-state index is 12.2. The van der Waals surface area contributed by atoms with Gasteiger partial charge in [-0.05, 0) is 45.4 Å². The largest absolute Gasteiger partial charge is 0.444 e. The van der Waals surface area contributed by atoms with Gasteiger partial charge in [-0.3, -0.25) is 0 Å². The average molecular weight is 270 g/mol. The first-order chi connectivity index (χ1) is 8.70. The van der Waals surface area contributed by atoms with Crippen molar-refractivity contribution in [1.29, 1.82) is 0 Å². The third kappa shape index (κ3) is 5.39. The molecule has 4 heteroatoms. The summed E-state index contributed by atoms with van der Waals surface area (Å²) in [4.78, 5) is 14.0. The van der Waals surface area contributed by atoms with E-state index in [2.05, 4.69) is 13.8 Å². The minimum absolute atomic E-state index is 0.156. The zero-order valence-electron chi connectivity index (χ0n) is 13.1. The van der Waals surface area contributed by atoms with Crippen LogP contribution >= 0.6 is 0 Å².